The van der Waals surface area contributed by atoms with Crippen molar-refractivity contribution in [2.45, 2.75) is 0 Å². The van der Waals surface area contributed by atoms with Gasteiger partial charge in [0.2, 0.25) is 0 Å². The Labute approximate surface area is 95.9 Å². The van der Waals surface area contributed by atoms with Crippen LogP contribution < -0.4 is 14.4 Å². The van der Waals surface area contributed by atoms with Crippen LogP contribution in [-0.2, 0) is 4.79 Å². The summed E-state index contributed by atoms with van der Waals surface area (Å²) in [6.45, 7) is 0.0856. The van der Waals surface area contributed by atoms with Gasteiger partial charge in [0.25, 0.3) is 5.91 Å². The highest BCUT2D eigenvalue weighted by Gasteiger charge is 2.23. The van der Waals surface area contributed by atoms with Gasteiger partial charge in [0, 0.05) is 19.2 Å². The summed E-state index contributed by atoms with van der Waals surface area (Å²) in [4.78, 5) is 13.0. The molecule has 1 aliphatic rings. The molecule has 0 bridgehead atoms. The lowest BCUT2D eigenvalue weighted by molar-refractivity contribution is -0.120. The average Bonchev–Trinajstić information content (AvgIpc) is 2.23. The van der Waals surface area contributed by atoms with Crippen molar-refractivity contribution in [2.24, 2.45) is 0 Å². The average molecular weight is 272 g/mol. The molecule has 1 aromatic rings. The second-order valence-corrected chi connectivity index (χ2v) is 4.05. The lowest BCUT2D eigenvalue weighted by Gasteiger charge is -2.26. The van der Waals surface area contributed by atoms with Gasteiger partial charge in [-0.25, -0.2) is 0 Å². The molecule has 0 N–H and O–H groups in total. The molecule has 1 amide bonds. The van der Waals surface area contributed by atoms with Gasteiger partial charge in [0.05, 0.1) is 17.3 Å². The molecule has 15 heavy (non-hydrogen) atoms. The maximum absolute atomic E-state index is 11.4. The second kappa shape index (κ2) is 3.73. The van der Waals surface area contributed by atoms with E-state index in [9.17, 15) is 4.79 Å². The van der Waals surface area contributed by atoms with E-state index in [1.54, 1.807) is 31.2 Å². The Balaban J connectivity index is 2.53. The first-order valence-electron chi connectivity index (χ1n) is 4.40. The van der Waals surface area contributed by atoms with Gasteiger partial charge in [-0.2, -0.15) is 0 Å². The molecule has 0 saturated heterocycles. The summed E-state index contributed by atoms with van der Waals surface area (Å²) in [5.74, 6) is 1.30. The van der Waals surface area contributed by atoms with Crippen LogP contribution in [0.25, 0.3) is 0 Å². The van der Waals surface area contributed by atoms with Gasteiger partial charge in [0.15, 0.2) is 6.61 Å². The first-order chi connectivity index (χ1) is 7.13. The number of anilines is 1. The molecule has 80 valence electrons. The molecule has 0 spiro atoms. The number of halogens is 1. The number of carbonyl (C=O) groups is 1. The first-order valence-corrected chi connectivity index (χ1v) is 5.19. The van der Waals surface area contributed by atoms with Gasteiger partial charge in [-0.05, 0) is 15.9 Å². The maximum atomic E-state index is 11.4. The van der Waals surface area contributed by atoms with Crippen LogP contribution in [0.1, 0.15) is 0 Å². The summed E-state index contributed by atoms with van der Waals surface area (Å²) in [5, 5.41) is 0. The highest BCUT2D eigenvalue weighted by molar-refractivity contribution is 9.10. The zero-order valence-electron chi connectivity index (χ0n) is 8.41. The minimum atomic E-state index is -0.0631. The maximum Gasteiger partial charge on any atom is 0.264 e. The third-order valence-electron chi connectivity index (χ3n) is 2.32. The number of benzene rings is 1. The van der Waals surface area contributed by atoms with E-state index in [-0.39, 0.29) is 12.5 Å². The van der Waals surface area contributed by atoms with Crippen LogP contribution >= 0.6 is 15.9 Å². The molecule has 0 fully saturated rings. The van der Waals surface area contributed by atoms with Crippen molar-refractivity contribution in [2.75, 3.05) is 25.7 Å². The van der Waals surface area contributed by atoms with Gasteiger partial charge in [-0.3, -0.25) is 4.79 Å². The number of nitrogens with zero attached hydrogens (tertiary/aromatic N) is 1. The van der Waals surface area contributed by atoms with E-state index in [0.29, 0.717) is 11.5 Å². The van der Waals surface area contributed by atoms with E-state index in [4.69, 9.17) is 9.47 Å². The topological polar surface area (TPSA) is 38.8 Å². The fourth-order valence-electron chi connectivity index (χ4n) is 1.43. The molecule has 0 aromatic heterocycles. The zero-order valence-corrected chi connectivity index (χ0v) is 10.00. The Kier molecular flexibility index (Phi) is 2.56. The molecule has 0 radical (unpaired) electrons. The Morgan fingerprint density at radius 3 is 2.93 bits per heavy atom. The lowest BCUT2D eigenvalue weighted by atomic mass is 10.2. The number of ether oxygens (including phenoxy) is 2. The normalized spacial score (nSPS) is 14.6. The number of fused-ring (bicyclic) bond motifs is 1. The number of rotatable bonds is 1. The zero-order chi connectivity index (χ0) is 11.0. The molecule has 1 aromatic carbocycles. The highest BCUT2D eigenvalue weighted by atomic mass is 79.9. The molecule has 1 heterocycles. The summed E-state index contributed by atoms with van der Waals surface area (Å²) in [6, 6.07) is 3.58. The minimum Gasteiger partial charge on any atom is -0.495 e. The van der Waals surface area contributed by atoms with Gasteiger partial charge < -0.3 is 14.4 Å². The van der Waals surface area contributed by atoms with Gasteiger partial charge >= 0.3 is 0 Å². The van der Waals surface area contributed by atoms with Crippen molar-refractivity contribution in [1.82, 2.24) is 0 Å². The van der Waals surface area contributed by atoms with E-state index >= 15 is 0 Å². The number of carbonyl (C=O) groups excluding carboxylic acids is 1. The number of methoxy groups -OCH3 is 1. The molecule has 0 aliphatic carbocycles. The number of amides is 1. The summed E-state index contributed by atoms with van der Waals surface area (Å²) < 4.78 is 11.3. The Bertz CT molecular complexity index is 419. The standard InChI is InChI=1S/C10H10BrNO3/c1-12-7-4-8(14-2)6(11)3-9(7)15-5-10(12)13/h3-4H,5H2,1-2H3. The van der Waals surface area contributed by atoms with E-state index in [0.717, 1.165) is 10.2 Å². The van der Waals surface area contributed by atoms with Crippen LogP contribution in [0.2, 0.25) is 0 Å². The summed E-state index contributed by atoms with van der Waals surface area (Å²) in [7, 11) is 3.30. The Hall–Kier alpha value is -1.23. The van der Waals surface area contributed by atoms with Crippen LogP contribution in [-0.4, -0.2) is 26.7 Å². The summed E-state index contributed by atoms with van der Waals surface area (Å²) in [5.41, 5.74) is 0.728. The number of hydrogen-bond acceptors (Lipinski definition) is 3. The monoisotopic (exact) mass is 271 g/mol. The number of hydrogen-bond donors (Lipinski definition) is 0. The third-order valence-corrected chi connectivity index (χ3v) is 2.94. The van der Waals surface area contributed by atoms with Crippen molar-refractivity contribution >= 4 is 27.5 Å². The van der Waals surface area contributed by atoms with E-state index in [2.05, 4.69) is 15.9 Å². The largest absolute Gasteiger partial charge is 0.495 e. The van der Waals surface area contributed by atoms with Crippen molar-refractivity contribution in [3.63, 3.8) is 0 Å². The van der Waals surface area contributed by atoms with Crippen molar-refractivity contribution in [1.29, 1.82) is 0 Å². The molecule has 0 atom stereocenters. The second-order valence-electron chi connectivity index (χ2n) is 3.20. The number of likely N-dealkylation sites (N-methyl/N-ethyl adjacent to an activating group) is 1. The molecule has 1 aliphatic heterocycles. The van der Waals surface area contributed by atoms with Crippen molar-refractivity contribution in [3.8, 4) is 11.5 Å². The molecule has 4 nitrogen and oxygen atoms in total. The molecular formula is C10H10BrNO3. The van der Waals surface area contributed by atoms with Gasteiger partial charge in [-0.15, -0.1) is 0 Å². The lowest BCUT2D eigenvalue weighted by Crippen LogP contribution is -2.35. The van der Waals surface area contributed by atoms with Crippen LogP contribution in [0.5, 0.6) is 11.5 Å². The van der Waals surface area contributed by atoms with E-state index in [1.165, 1.54) is 0 Å². The van der Waals surface area contributed by atoms with Crippen molar-refractivity contribution in [3.05, 3.63) is 16.6 Å². The van der Waals surface area contributed by atoms with Crippen LogP contribution in [0, 0.1) is 0 Å². The van der Waals surface area contributed by atoms with E-state index in [1.807, 2.05) is 0 Å². The molecular weight excluding hydrogens is 262 g/mol. The summed E-state index contributed by atoms with van der Waals surface area (Å²) >= 11 is 3.36. The Morgan fingerprint density at radius 1 is 1.53 bits per heavy atom. The van der Waals surface area contributed by atoms with Crippen LogP contribution in [0.15, 0.2) is 16.6 Å². The highest BCUT2D eigenvalue weighted by Crippen LogP contribution is 2.39. The quantitative estimate of drug-likeness (QED) is 0.782. The third kappa shape index (κ3) is 1.67. The summed E-state index contributed by atoms with van der Waals surface area (Å²) in [6.07, 6.45) is 0. The van der Waals surface area contributed by atoms with Crippen LogP contribution in [0.4, 0.5) is 5.69 Å². The fourth-order valence-corrected chi connectivity index (χ4v) is 1.91. The molecule has 2 rings (SSSR count). The fraction of sp³-hybridized carbons (Fsp3) is 0.300. The van der Waals surface area contributed by atoms with E-state index < -0.39 is 0 Å². The Morgan fingerprint density at radius 2 is 2.27 bits per heavy atom. The predicted molar refractivity (Wildman–Crippen MR) is 59.6 cm³/mol. The molecule has 0 unspecified atom stereocenters. The van der Waals surface area contributed by atoms with Crippen molar-refractivity contribution < 1.29 is 14.3 Å². The molecule has 0 saturated carbocycles. The smallest absolute Gasteiger partial charge is 0.264 e. The van der Waals surface area contributed by atoms with Gasteiger partial charge in [-0.1, -0.05) is 0 Å². The first kappa shape index (κ1) is 10.3. The minimum absolute atomic E-state index is 0.0631. The van der Waals surface area contributed by atoms with Crippen LogP contribution in [0.3, 0.4) is 0 Å². The van der Waals surface area contributed by atoms with Gasteiger partial charge in [0.1, 0.15) is 11.5 Å². The molecule has 5 heteroatoms. The predicted octanol–water partition coefficient (Wildman–Crippen LogP) is 1.81. The SMILES string of the molecule is COc1cc2c(cc1Br)OCC(=O)N2C.